The van der Waals surface area contributed by atoms with Crippen molar-refractivity contribution in [3.05, 3.63) is 81.5 Å². The molecule has 0 amide bonds. The third kappa shape index (κ3) is 5.97. The largest absolute Gasteiger partial charge is 0.302 e. The number of nitrogens with one attached hydrogen (secondary N) is 1. The van der Waals surface area contributed by atoms with Gasteiger partial charge in [-0.3, -0.25) is 0 Å². The second-order valence-electron chi connectivity index (χ2n) is 7.54. The van der Waals surface area contributed by atoms with Gasteiger partial charge < -0.3 is 5.32 Å². The van der Waals surface area contributed by atoms with Crippen LogP contribution >= 0.6 is 11.8 Å². The van der Waals surface area contributed by atoms with Gasteiger partial charge in [0.1, 0.15) is 0 Å². The van der Waals surface area contributed by atoms with Crippen molar-refractivity contribution >= 4 is 17.8 Å². The molecule has 1 atom stereocenters. The van der Waals surface area contributed by atoms with Crippen LogP contribution in [0.2, 0.25) is 0 Å². The minimum absolute atomic E-state index is 0.258. The van der Waals surface area contributed by atoms with Crippen LogP contribution in [-0.4, -0.2) is 18.8 Å². The maximum Gasteiger partial charge on any atom is 0.0550 e. The summed E-state index contributed by atoms with van der Waals surface area (Å²) < 4.78 is 0. The minimum atomic E-state index is 0.258. The van der Waals surface area contributed by atoms with Crippen molar-refractivity contribution in [1.29, 1.82) is 0 Å². The van der Waals surface area contributed by atoms with E-state index in [1.165, 1.54) is 43.9 Å². The van der Waals surface area contributed by atoms with E-state index in [1.54, 1.807) is 0 Å². The fraction of sp³-hybridized carbons (Fsp3) is 0.400. The summed E-state index contributed by atoms with van der Waals surface area (Å²) in [6.45, 7) is 23.9. The molecule has 2 aliphatic rings. The van der Waals surface area contributed by atoms with Crippen molar-refractivity contribution in [1.82, 2.24) is 5.32 Å². The Bertz CT molecular complexity index is 979. The smallest absolute Gasteiger partial charge is 0.0550 e. The molecule has 172 valence electrons. The number of allylic oxidation sites excluding steroid dienone is 3. The molecule has 3 rings (SSSR count). The highest BCUT2D eigenvalue weighted by Gasteiger charge is 2.32. The van der Waals surface area contributed by atoms with Crippen molar-refractivity contribution in [2.45, 2.75) is 72.2 Å². The van der Waals surface area contributed by atoms with Crippen molar-refractivity contribution in [2.24, 2.45) is 0 Å². The second-order valence-corrected chi connectivity index (χ2v) is 8.35. The van der Waals surface area contributed by atoms with E-state index in [4.69, 9.17) is 6.42 Å². The van der Waals surface area contributed by atoms with Crippen LogP contribution < -0.4 is 5.32 Å². The first-order valence-corrected chi connectivity index (χ1v) is 13.0. The van der Waals surface area contributed by atoms with E-state index in [0.717, 1.165) is 30.5 Å². The van der Waals surface area contributed by atoms with E-state index in [9.17, 15) is 0 Å². The quantitative estimate of drug-likeness (QED) is 0.360. The number of terminal acetylenes is 1. The number of fused-ring (bicyclic) bond motifs is 1. The zero-order valence-corrected chi connectivity index (χ0v) is 22.2. The molecule has 1 aliphatic heterocycles. The number of rotatable bonds is 5. The standard InChI is InChI=1S/C26H29NS.2C2H6/c1-8-16(3)12-20-13-24-19(6)21(15-27-25(24)22(20)9-2)14-23-17(4)10-11-18(5)26(23)28-7;2*1-2/h1,10-11,13-14,25,27H,3,6,9,12,15H2,2,4-5,7H3;2*1-2H3/b21-14-;;. The van der Waals surface area contributed by atoms with Crippen LogP contribution in [0.25, 0.3) is 6.08 Å². The van der Waals surface area contributed by atoms with E-state index in [-0.39, 0.29) is 6.04 Å². The Kier molecular flexibility index (Phi) is 11.6. The van der Waals surface area contributed by atoms with Gasteiger partial charge >= 0.3 is 0 Å². The SMILES string of the molecule is C#CC(=C)CC1=C(CC)C2NC/C(=C/c3c(C)ccc(C)c3SC)C(=C)C2=C1.CC.CC. The lowest BCUT2D eigenvalue weighted by Gasteiger charge is -2.30. The second kappa shape index (κ2) is 13.4. The lowest BCUT2D eigenvalue weighted by Crippen LogP contribution is -2.38. The first-order valence-electron chi connectivity index (χ1n) is 11.8. The lowest BCUT2D eigenvalue weighted by molar-refractivity contribution is 0.638. The summed E-state index contributed by atoms with van der Waals surface area (Å²) in [6.07, 6.45) is 14.0. The van der Waals surface area contributed by atoms with Crippen molar-refractivity contribution in [3.8, 4) is 12.3 Å². The Morgan fingerprint density at radius 3 is 2.41 bits per heavy atom. The number of benzene rings is 1. The fourth-order valence-electron chi connectivity index (χ4n) is 4.18. The Morgan fingerprint density at radius 1 is 1.22 bits per heavy atom. The van der Waals surface area contributed by atoms with Crippen LogP contribution in [0.3, 0.4) is 0 Å². The Morgan fingerprint density at radius 2 is 1.84 bits per heavy atom. The van der Waals surface area contributed by atoms with Crippen molar-refractivity contribution in [3.63, 3.8) is 0 Å². The average Bonchev–Trinajstić information content (AvgIpc) is 3.18. The summed E-state index contributed by atoms with van der Waals surface area (Å²) in [7, 11) is 0. The van der Waals surface area contributed by atoms with Crippen molar-refractivity contribution in [2.75, 3.05) is 12.8 Å². The monoisotopic (exact) mass is 447 g/mol. The molecule has 0 saturated carbocycles. The Balaban J connectivity index is 0.00000121. The Hall–Kier alpha value is -2.21. The predicted octanol–water partition coefficient (Wildman–Crippen LogP) is 8.22. The fourth-order valence-corrected chi connectivity index (χ4v) is 5.01. The van der Waals surface area contributed by atoms with Gasteiger partial charge in [0.2, 0.25) is 0 Å². The summed E-state index contributed by atoms with van der Waals surface area (Å²) in [6, 6.07) is 4.67. The summed E-state index contributed by atoms with van der Waals surface area (Å²) in [5.41, 5.74) is 11.2. The molecule has 1 heterocycles. The van der Waals surface area contributed by atoms with Crippen LogP contribution in [0.1, 0.15) is 64.2 Å². The van der Waals surface area contributed by atoms with Crippen LogP contribution in [0, 0.1) is 26.2 Å². The topological polar surface area (TPSA) is 12.0 Å². The molecule has 1 saturated heterocycles. The predicted molar refractivity (Wildman–Crippen MR) is 147 cm³/mol. The number of hydrogen-bond donors (Lipinski definition) is 1. The highest BCUT2D eigenvalue weighted by molar-refractivity contribution is 7.98. The van der Waals surface area contributed by atoms with E-state index >= 15 is 0 Å². The number of thioether (sulfide) groups is 1. The number of hydrogen-bond acceptors (Lipinski definition) is 2. The Labute approximate surface area is 201 Å². The van der Waals surface area contributed by atoms with Gasteiger partial charge in [-0.1, -0.05) is 71.9 Å². The molecule has 1 nitrogen and oxygen atoms in total. The van der Waals surface area contributed by atoms with Crippen LogP contribution in [0.5, 0.6) is 0 Å². The zero-order valence-electron chi connectivity index (χ0n) is 21.4. The van der Waals surface area contributed by atoms with Gasteiger partial charge in [0.05, 0.1) is 6.04 Å². The molecule has 1 unspecified atom stereocenters. The van der Waals surface area contributed by atoms with Gasteiger partial charge in [0, 0.05) is 17.9 Å². The van der Waals surface area contributed by atoms with Crippen molar-refractivity contribution < 1.29 is 0 Å². The van der Waals surface area contributed by atoms with Crippen LogP contribution in [0.15, 0.2) is 69.7 Å². The molecule has 0 bridgehead atoms. The van der Waals surface area contributed by atoms with Gasteiger partial charge in [-0.25, -0.2) is 0 Å². The summed E-state index contributed by atoms with van der Waals surface area (Å²) in [5.74, 6) is 2.68. The molecule has 1 N–H and O–H groups in total. The first kappa shape index (κ1) is 27.8. The van der Waals surface area contributed by atoms with Crippen LogP contribution in [0.4, 0.5) is 0 Å². The minimum Gasteiger partial charge on any atom is -0.302 e. The van der Waals surface area contributed by atoms with E-state index < -0.39 is 0 Å². The van der Waals surface area contributed by atoms with Gasteiger partial charge in [-0.2, -0.15) is 0 Å². The first-order chi connectivity index (χ1) is 15.4. The molecule has 1 aromatic carbocycles. The van der Waals surface area contributed by atoms with E-state index in [2.05, 4.69) is 75.7 Å². The maximum absolute atomic E-state index is 5.54. The lowest BCUT2D eigenvalue weighted by atomic mass is 9.87. The summed E-state index contributed by atoms with van der Waals surface area (Å²) >= 11 is 1.81. The van der Waals surface area contributed by atoms with E-state index in [1.807, 2.05) is 39.5 Å². The molecule has 0 aromatic heterocycles. The normalized spacial score (nSPS) is 18.1. The van der Waals surface area contributed by atoms with Gasteiger partial charge in [-0.05, 0) is 82.7 Å². The third-order valence-corrected chi connectivity index (χ3v) is 6.71. The zero-order chi connectivity index (χ0) is 24.4. The molecular formula is C30H41NS. The average molecular weight is 448 g/mol. The number of aryl methyl sites for hydroxylation is 2. The van der Waals surface area contributed by atoms with E-state index in [0.29, 0.717) is 0 Å². The van der Waals surface area contributed by atoms with Gasteiger partial charge in [-0.15, -0.1) is 18.2 Å². The molecule has 1 aliphatic carbocycles. The molecular weight excluding hydrogens is 406 g/mol. The van der Waals surface area contributed by atoms with Gasteiger partial charge in [0.15, 0.2) is 0 Å². The summed E-state index contributed by atoms with van der Waals surface area (Å²) in [4.78, 5) is 1.35. The highest BCUT2D eigenvalue weighted by Crippen LogP contribution is 2.40. The van der Waals surface area contributed by atoms with Crippen LogP contribution in [-0.2, 0) is 0 Å². The molecule has 0 spiro atoms. The molecule has 1 fully saturated rings. The molecule has 32 heavy (non-hydrogen) atoms. The number of piperidine rings is 1. The third-order valence-electron chi connectivity index (χ3n) is 5.76. The highest BCUT2D eigenvalue weighted by atomic mass is 32.2. The molecule has 0 radical (unpaired) electrons. The van der Waals surface area contributed by atoms with Gasteiger partial charge in [0.25, 0.3) is 0 Å². The molecule has 1 aromatic rings. The maximum atomic E-state index is 5.54. The molecule has 2 heteroatoms. The summed E-state index contributed by atoms with van der Waals surface area (Å²) in [5, 5.41) is 3.73.